The van der Waals surface area contributed by atoms with Gasteiger partial charge in [-0.3, -0.25) is 10.1 Å². The molecule has 0 unspecified atom stereocenters. The lowest BCUT2D eigenvalue weighted by Gasteiger charge is -2.07. The van der Waals surface area contributed by atoms with Crippen molar-refractivity contribution in [1.82, 2.24) is 0 Å². The van der Waals surface area contributed by atoms with Crippen LogP contribution in [0.25, 0.3) is 0 Å². The van der Waals surface area contributed by atoms with Gasteiger partial charge in [-0.25, -0.2) is 9.18 Å². The first kappa shape index (κ1) is 15.8. The Kier molecular flexibility index (Phi) is 4.18. The number of ether oxygens (including phenoxy) is 1. The van der Waals surface area contributed by atoms with Gasteiger partial charge in [-0.2, -0.15) is 9.99 Å². The van der Waals surface area contributed by atoms with Crippen molar-refractivity contribution in [3.8, 4) is 11.8 Å². The van der Waals surface area contributed by atoms with Gasteiger partial charge in [0.1, 0.15) is 0 Å². The lowest BCUT2D eigenvalue weighted by Crippen LogP contribution is -2.29. The molecule has 0 aliphatic carbocycles. The molecule has 0 saturated carbocycles. The SMILES string of the molecule is Cc1c[n+]([O-])cc(C(=O)Oc2ccc(C#N)cc2F)c1[N+](=O)[O-]. The van der Waals surface area contributed by atoms with Crippen LogP contribution in [0.15, 0.2) is 30.6 Å². The van der Waals surface area contributed by atoms with E-state index in [-0.39, 0.29) is 15.9 Å². The van der Waals surface area contributed by atoms with Gasteiger partial charge >= 0.3 is 5.97 Å². The second-order valence-electron chi connectivity index (χ2n) is 4.47. The van der Waals surface area contributed by atoms with Crippen molar-refractivity contribution >= 4 is 11.7 Å². The second-order valence-corrected chi connectivity index (χ2v) is 4.47. The standard InChI is InChI=1S/C14H8FN3O5/c1-8-6-17(20)7-10(13(8)18(21)22)14(19)23-12-3-2-9(5-16)4-11(12)15/h2-4,6-7H,1H3. The lowest BCUT2D eigenvalue weighted by molar-refractivity contribution is -0.606. The van der Waals surface area contributed by atoms with E-state index < -0.39 is 33.7 Å². The second kappa shape index (κ2) is 6.07. The zero-order valence-electron chi connectivity index (χ0n) is 11.6. The van der Waals surface area contributed by atoms with E-state index in [1.54, 1.807) is 6.07 Å². The molecule has 0 N–H and O–H groups in total. The van der Waals surface area contributed by atoms with Gasteiger partial charge < -0.3 is 9.94 Å². The van der Waals surface area contributed by atoms with Crippen molar-refractivity contribution in [2.45, 2.75) is 6.92 Å². The van der Waals surface area contributed by atoms with Crippen LogP contribution in [-0.2, 0) is 0 Å². The van der Waals surface area contributed by atoms with Gasteiger partial charge in [0.25, 0.3) is 5.69 Å². The summed E-state index contributed by atoms with van der Waals surface area (Å²) in [5.41, 5.74) is -1.23. The summed E-state index contributed by atoms with van der Waals surface area (Å²) >= 11 is 0. The first-order valence-corrected chi connectivity index (χ1v) is 6.13. The van der Waals surface area contributed by atoms with Crippen LogP contribution < -0.4 is 9.47 Å². The van der Waals surface area contributed by atoms with E-state index in [9.17, 15) is 24.5 Å². The van der Waals surface area contributed by atoms with E-state index in [1.807, 2.05) is 0 Å². The first-order chi connectivity index (χ1) is 10.8. The Morgan fingerprint density at radius 2 is 2.13 bits per heavy atom. The smallest absolute Gasteiger partial charge is 0.356 e. The molecule has 0 bridgehead atoms. The number of halogens is 1. The normalized spacial score (nSPS) is 9.96. The molecule has 2 rings (SSSR count). The highest BCUT2D eigenvalue weighted by molar-refractivity contribution is 5.95. The molecule has 23 heavy (non-hydrogen) atoms. The van der Waals surface area contributed by atoms with Crippen LogP contribution in [0.3, 0.4) is 0 Å². The fourth-order valence-corrected chi connectivity index (χ4v) is 1.89. The molecule has 1 aromatic heterocycles. The Hall–Kier alpha value is -3.54. The monoisotopic (exact) mass is 317 g/mol. The minimum atomic E-state index is -1.26. The number of pyridine rings is 1. The highest BCUT2D eigenvalue weighted by Gasteiger charge is 2.29. The number of carbonyl (C=O) groups excluding carboxylic acids is 1. The molecule has 1 heterocycles. The first-order valence-electron chi connectivity index (χ1n) is 6.13. The number of nitro groups is 1. The van der Waals surface area contributed by atoms with Gasteiger partial charge in [-0.05, 0) is 25.1 Å². The van der Waals surface area contributed by atoms with E-state index >= 15 is 0 Å². The van der Waals surface area contributed by atoms with Crippen LogP contribution in [-0.4, -0.2) is 10.9 Å². The molecule has 0 radical (unpaired) electrons. The molecule has 8 nitrogen and oxygen atoms in total. The van der Waals surface area contributed by atoms with E-state index in [1.165, 1.54) is 13.0 Å². The molecule has 2 aromatic rings. The summed E-state index contributed by atoms with van der Waals surface area (Å²) in [5.74, 6) is -2.75. The Morgan fingerprint density at radius 3 is 2.70 bits per heavy atom. The molecule has 0 spiro atoms. The summed E-state index contributed by atoms with van der Waals surface area (Å²) in [5, 5.41) is 31.0. The number of esters is 1. The predicted molar refractivity (Wildman–Crippen MR) is 72.9 cm³/mol. The number of hydrogen-bond donors (Lipinski definition) is 0. The quantitative estimate of drug-likeness (QED) is 0.212. The van der Waals surface area contributed by atoms with Crippen molar-refractivity contribution in [2.75, 3.05) is 0 Å². The van der Waals surface area contributed by atoms with Crippen molar-refractivity contribution < 1.29 is 23.6 Å². The minimum absolute atomic E-state index is 0.0150. The lowest BCUT2D eigenvalue weighted by atomic mass is 10.1. The minimum Gasteiger partial charge on any atom is -0.619 e. The molecule has 0 saturated heterocycles. The molecule has 0 fully saturated rings. The molecular formula is C14H8FN3O5. The zero-order chi connectivity index (χ0) is 17.1. The van der Waals surface area contributed by atoms with Crippen LogP contribution in [0.2, 0.25) is 0 Å². The molecule has 9 heteroatoms. The Balaban J connectivity index is 2.42. The Labute approximate surface area is 128 Å². The van der Waals surface area contributed by atoms with Crippen LogP contribution >= 0.6 is 0 Å². The highest BCUT2D eigenvalue weighted by atomic mass is 19.1. The van der Waals surface area contributed by atoms with Crippen molar-refractivity contribution in [3.05, 3.63) is 68.4 Å². The molecule has 0 atom stereocenters. The van der Waals surface area contributed by atoms with E-state index in [0.29, 0.717) is 6.20 Å². The fourth-order valence-electron chi connectivity index (χ4n) is 1.89. The van der Waals surface area contributed by atoms with Crippen LogP contribution in [0.5, 0.6) is 5.75 Å². The Bertz CT molecular complexity index is 860. The average molecular weight is 317 g/mol. The summed E-state index contributed by atoms with van der Waals surface area (Å²) in [7, 11) is 0. The third kappa shape index (κ3) is 3.21. The van der Waals surface area contributed by atoms with Gasteiger partial charge in [0, 0.05) is 0 Å². The van der Waals surface area contributed by atoms with Gasteiger partial charge in [-0.15, -0.1) is 0 Å². The molecule has 116 valence electrons. The number of nitrogens with zero attached hydrogens (tertiary/aromatic N) is 3. The van der Waals surface area contributed by atoms with Gasteiger partial charge in [0.15, 0.2) is 17.8 Å². The van der Waals surface area contributed by atoms with Crippen molar-refractivity contribution in [2.24, 2.45) is 0 Å². The molecule has 0 amide bonds. The van der Waals surface area contributed by atoms with E-state index in [0.717, 1.165) is 18.3 Å². The summed E-state index contributed by atoms with van der Waals surface area (Å²) in [6, 6.07) is 4.81. The van der Waals surface area contributed by atoms with Crippen molar-refractivity contribution in [1.29, 1.82) is 5.26 Å². The number of aryl methyl sites for hydroxylation is 1. The number of aromatic nitrogens is 1. The van der Waals surface area contributed by atoms with E-state index in [2.05, 4.69) is 0 Å². The maximum atomic E-state index is 13.7. The largest absolute Gasteiger partial charge is 0.619 e. The number of carbonyl (C=O) groups is 1. The third-order valence-electron chi connectivity index (χ3n) is 2.87. The number of nitriles is 1. The van der Waals surface area contributed by atoms with Gasteiger partial charge in [-0.1, -0.05) is 0 Å². The molecule has 0 aliphatic heterocycles. The summed E-state index contributed by atoms with van der Waals surface area (Å²) < 4.78 is 18.7. The summed E-state index contributed by atoms with van der Waals surface area (Å²) in [6.07, 6.45) is 1.60. The van der Waals surface area contributed by atoms with Crippen LogP contribution in [0.1, 0.15) is 21.5 Å². The molecular weight excluding hydrogens is 309 g/mol. The molecule has 1 aromatic carbocycles. The Morgan fingerprint density at radius 1 is 1.43 bits per heavy atom. The third-order valence-corrected chi connectivity index (χ3v) is 2.87. The van der Waals surface area contributed by atoms with Gasteiger partial charge in [0.05, 0.1) is 22.1 Å². The average Bonchev–Trinajstić information content (AvgIpc) is 2.47. The summed E-state index contributed by atoms with van der Waals surface area (Å²) in [6.45, 7) is 1.28. The topological polar surface area (TPSA) is 120 Å². The van der Waals surface area contributed by atoms with Crippen molar-refractivity contribution in [3.63, 3.8) is 0 Å². The summed E-state index contributed by atoms with van der Waals surface area (Å²) in [4.78, 5) is 22.2. The maximum Gasteiger partial charge on any atom is 0.356 e. The number of benzene rings is 1. The number of hydrogen-bond acceptors (Lipinski definition) is 6. The fraction of sp³-hybridized carbons (Fsp3) is 0.0714. The highest BCUT2D eigenvalue weighted by Crippen LogP contribution is 2.24. The zero-order valence-corrected chi connectivity index (χ0v) is 11.6. The van der Waals surface area contributed by atoms with Crippen LogP contribution in [0.4, 0.5) is 10.1 Å². The van der Waals surface area contributed by atoms with Crippen LogP contribution in [0, 0.1) is 39.4 Å². The predicted octanol–water partition coefficient (Wildman–Crippen LogP) is 1.77. The maximum absolute atomic E-state index is 13.7. The number of rotatable bonds is 3. The molecule has 0 aliphatic rings. The van der Waals surface area contributed by atoms with Gasteiger partial charge in [0.2, 0.25) is 11.8 Å². The van der Waals surface area contributed by atoms with E-state index in [4.69, 9.17) is 10.00 Å².